The van der Waals surface area contributed by atoms with Gasteiger partial charge in [0, 0.05) is 29.4 Å². The van der Waals surface area contributed by atoms with E-state index < -0.39 is 0 Å². The molecule has 1 saturated carbocycles. The van der Waals surface area contributed by atoms with Crippen molar-refractivity contribution in [3.63, 3.8) is 0 Å². The largest absolute Gasteiger partial charge is 0.493 e. The summed E-state index contributed by atoms with van der Waals surface area (Å²) in [6.45, 7) is 2.02. The second kappa shape index (κ2) is 7.47. The van der Waals surface area contributed by atoms with Gasteiger partial charge in [-0.2, -0.15) is 9.61 Å². The first-order chi connectivity index (χ1) is 13.2. The highest BCUT2D eigenvalue weighted by molar-refractivity contribution is 5.68. The van der Waals surface area contributed by atoms with E-state index in [0.717, 1.165) is 28.4 Å². The van der Waals surface area contributed by atoms with Crippen molar-refractivity contribution in [1.29, 1.82) is 0 Å². The van der Waals surface area contributed by atoms with E-state index in [4.69, 9.17) is 14.6 Å². The molecule has 1 N–H and O–H groups in total. The van der Waals surface area contributed by atoms with Gasteiger partial charge >= 0.3 is 0 Å². The summed E-state index contributed by atoms with van der Waals surface area (Å²) in [5.41, 5.74) is 3.66. The molecule has 0 unspecified atom stereocenters. The fourth-order valence-electron chi connectivity index (χ4n) is 3.80. The first-order valence-electron chi connectivity index (χ1n) is 9.54. The molecular formula is C21H26N4O2. The number of hydrogen-bond acceptors (Lipinski definition) is 5. The molecule has 1 aromatic carbocycles. The summed E-state index contributed by atoms with van der Waals surface area (Å²) in [6.07, 6.45) is 6.36. The average Bonchev–Trinajstić information content (AvgIpc) is 3.12. The van der Waals surface area contributed by atoms with E-state index in [1.165, 1.54) is 32.1 Å². The van der Waals surface area contributed by atoms with Crippen molar-refractivity contribution in [2.24, 2.45) is 0 Å². The summed E-state index contributed by atoms with van der Waals surface area (Å²) in [6, 6.07) is 10.4. The van der Waals surface area contributed by atoms with Crippen molar-refractivity contribution in [2.45, 2.75) is 45.1 Å². The zero-order valence-corrected chi connectivity index (χ0v) is 16.2. The van der Waals surface area contributed by atoms with Crippen LogP contribution in [0.3, 0.4) is 0 Å². The number of ether oxygens (including phenoxy) is 2. The molecule has 3 aromatic rings. The Balaban J connectivity index is 1.72. The molecule has 0 atom stereocenters. The minimum atomic E-state index is 0.512. The molecule has 1 aliphatic rings. The number of rotatable bonds is 5. The predicted molar refractivity (Wildman–Crippen MR) is 107 cm³/mol. The molecular weight excluding hydrogens is 340 g/mol. The van der Waals surface area contributed by atoms with E-state index >= 15 is 0 Å². The first-order valence-corrected chi connectivity index (χ1v) is 9.54. The van der Waals surface area contributed by atoms with Crippen LogP contribution in [-0.4, -0.2) is 34.9 Å². The Morgan fingerprint density at radius 3 is 2.52 bits per heavy atom. The number of nitrogens with one attached hydrogen (secondary N) is 1. The number of nitrogens with zero attached hydrogens (tertiary/aromatic N) is 3. The molecule has 0 aliphatic heterocycles. The lowest BCUT2D eigenvalue weighted by Crippen LogP contribution is -2.24. The van der Waals surface area contributed by atoms with E-state index in [2.05, 4.69) is 16.4 Å². The van der Waals surface area contributed by atoms with Gasteiger partial charge in [0.15, 0.2) is 17.1 Å². The lowest BCUT2D eigenvalue weighted by atomic mass is 9.95. The quantitative estimate of drug-likeness (QED) is 0.722. The first kappa shape index (κ1) is 17.6. The summed E-state index contributed by atoms with van der Waals surface area (Å²) < 4.78 is 12.7. The zero-order chi connectivity index (χ0) is 18.8. The molecule has 4 rings (SSSR count). The van der Waals surface area contributed by atoms with Gasteiger partial charge in [-0.1, -0.05) is 19.3 Å². The Kier molecular flexibility index (Phi) is 4.88. The van der Waals surface area contributed by atoms with Crippen molar-refractivity contribution in [1.82, 2.24) is 14.6 Å². The predicted octanol–water partition coefficient (Wildman–Crippen LogP) is 4.47. The van der Waals surface area contributed by atoms with E-state index in [1.54, 1.807) is 14.2 Å². The summed E-state index contributed by atoms with van der Waals surface area (Å²) in [7, 11) is 3.28. The van der Waals surface area contributed by atoms with Crippen LogP contribution in [0.4, 0.5) is 5.82 Å². The minimum Gasteiger partial charge on any atom is -0.493 e. The molecule has 0 spiro atoms. The molecule has 1 aliphatic carbocycles. The van der Waals surface area contributed by atoms with Gasteiger partial charge in [0.25, 0.3) is 0 Å². The summed E-state index contributed by atoms with van der Waals surface area (Å²) in [4.78, 5) is 4.66. The Morgan fingerprint density at radius 2 is 1.78 bits per heavy atom. The highest BCUT2D eigenvalue weighted by Crippen LogP contribution is 2.32. The number of aryl methyl sites for hydroxylation is 1. The Labute approximate surface area is 159 Å². The van der Waals surface area contributed by atoms with Crippen molar-refractivity contribution in [3.05, 3.63) is 36.0 Å². The number of benzene rings is 1. The van der Waals surface area contributed by atoms with Gasteiger partial charge in [-0.05, 0) is 38.0 Å². The smallest absolute Gasteiger partial charge is 0.161 e. The average molecular weight is 366 g/mol. The van der Waals surface area contributed by atoms with Gasteiger partial charge in [-0.3, -0.25) is 0 Å². The highest BCUT2D eigenvalue weighted by atomic mass is 16.5. The van der Waals surface area contributed by atoms with Crippen LogP contribution in [0, 0.1) is 6.92 Å². The standard InChI is InChI=1S/C21H26N4O2/c1-14-11-20(23-16-7-5-4-6-8-16)25-21(22-14)13-17(24-25)15-9-10-18(26-2)19(12-15)27-3/h9-13,16,23H,4-8H2,1-3H3. The molecule has 0 radical (unpaired) electrons. The van der Waals surface area contributed by atoms with Crippen LogP contribution in [-0.2, 0) is 0 Å². The third kappa shape index (κ3) is 3.56. The molecule has 0 bridgehead atoms. The summed E-state index contributed by atoms with van der Waals surface area (Å²) in [5.74, 6) is 2.41. The van der Waals surface area contributed by atoms with E-state index in [9.17, 15) is 0 Å². The van der Waals surface area contributed by atoms with Crippen LogP contribution >= 0.6 is 0 Å². The second-order valence-corrected chi connectivity index (χ2v) is 7.13. The van der Waals surface area contributed by atoms with Gasteiger partial charge in [0.2, 0.25) is 0 Å². The van der Waals surface area contributed by atoms with E-state index in [1.807, 2.05) is 35.7 Å². The molecule has 27 heavy (non-hydrogen) atoms. The van der Waals surface area contributed by atoms with Gasteiger partial charge in [0.05, 0.1) is 19.9 Å². The van der Waals surface area contributed by atoms with Crippen molar-refractivity contribution < 1.29 is 9.47 Å². The summed E-state index contributed by atoms with van der Waals surface area (Å²) >= 11 is 0. The molecule has 2 aromatic heterocycles. The van der Waals surface area contributed by atoms with E-state index in [-0.39, 0.29) is 0 Å². The summed E-state index contributed by atoms with van der Waals surface area (Å²) in [5, 5.41) is 8.50. The Bertz CT molecular complexity index is 945. The van der Waals surface area contributed by atoms with Gasteiger partial charge in [-0.25, -0.2) is 4.98 Å². The maximum Gasteiger partial charge on any atom is 0.161 e. The van der Waals surface area contributed by atoms with Gasteiger partial charge < -0.3 is 14.8 Å². The second-order valence-electron chi connectivity index (χ2n) is 7.13. The van der Waals surface area contributed by atoms with Crippen LogP contribution in [0.2, 0.25) is 0 Å². The number of fused-ring (bicyclic) bond motifs is 1. The van der Waals surface area contributed by atoms with Crippen LogP contribution in [0.5, 0.6) is 11.5 Å². The highest BCUT2D eigenvalue weighted by Gasteiger charge is 2.17. The van der Waals surface area contributed by atoms with Crippen LogP contribution < -0.4 is 14.8 Å². The van der Waals surface area contributed by atoms with Crippen LogP contribution in [0.15, 0.2) is 30.3 Å². The van der Waals surface area contributed by atoms with Gasteiger partial charge in [-0.15, -0.1) is 0 Å². The zero-order valence-electron chi connectivity index (χ0n) is 16.2. The Morgan fingerprint density at radius 1 is 1.00 bits per heavy atom. The molecule has 6 heteroatoms. The SMILES string of the molecule is COc1ccc(-c2cc3nc(C)cc(NC4CCCCC4)n3n2)cc1OC. The molecule has 1 fully saturated rings. The number of hydrogen-bond donors (Lipinski definition) is 1. The van der Waals surface area contributed by atoms with Gasteiger partial charge in [0.1, 0.15) is 5.82 Å². The molecule has 142 valence electrons. The monoisotopic (exact) mass is 366 g/mol. The third-order valence-electron chi connectivity index (χ3n) is 5.19. The van der Waals surface area contributed by atoms with Crippen molar-refractivity contribution >= 4 is 11.5 Å². The van der Waals surface area contributed by atoms with E-state index in [0.29, 0.717) is 17.5 Å². The number of anilines is 1. The molecule has 2 heterocycles. The fourth-order valence-corrected chi connectivity index (χ4v) is 3.80. The minimum absolute atomic E-state index is 0.512. The molecule has 0 amide bonds. The maximum atomic E-state index is 5.43. The van der Waals surface area contributed by atoms with Crippen LogP contribution in [0.1, 0.15) is 37.8 Å². The lowest BCUT2D eigenvalue weighted by molar-refractivity contribution is 0.355. The van der Waals surface area contributed by atoms with Crippen LogP contribution in [0.25, 0.3) is 16.9 Å². The fraction of sp³-hybridized carbons (Fsp3) is 0.429. The molecule has 6 nitrogen and oxygen atoms in total. The van der Waals surface area contributed by atoms with Crippen molar-refractivity contribution in [3.8, 4) is 22.8 Å². The topological polar surface area (TPSA) is 60.7 Å². The number of methoxy groups -OCH3 is 2. The normalized spacial score (nSPS) is 15.1. The maximum absolute atomic E-state index is 5.43. The lowest BCUT2D eigenvalue weighted by Gasteiger charge is -2.24. The molecule has 0 saturated heterocycles. The number of aromatic nitrogens is 3. The van der Waals surface area contributed by atoms with Crippen molar-refractivity contribution in [2.75, 3.05) is 19.5 Å². The third-order valence-corrected chi connectivity index (χ3v) is 5.19. The Hall–Kier alpha value is -2.76.